The quantitative estimate of drug-likeness (QED) is 0.701. The lowest BCUT2D eigenvalue weighted by Gasteiger charge is -2.13. The predicted molar refractivity (Wildman–Crippen MR) is 113 cm³/mol. The summed E-state index contributed by atoms with van der Waals surface area (Å²) < 4.78 is 6.94. The third-order valence-corrected chi connectivity index (χ3v) is 5.07. The Balaban J connectivity index is 1.53. The normalized spacial score (nSPS) is 12.8. The molecule has 150 valence electrons. The van der Waals surface area contributed by atoms with Gasteiger partial charge in [-0.15, -0.1) is 0 Å². The van der Waals surface area contributed by atoms with Gasteiger partial charge >= 0.3 is 0 Å². The molecule has 0 unspecified atom stereocenters. The highest BCUT2D eigenvalue weighted by Crippen LogP contribution is 2.25. The highest BCUT2D eigenvalue weighted by molar-refractivity contribution is 6.04. The van der Waals surface area contributed by atoms with Crippen LogP contribution in [-0.4, -0.2) is 28.8 Å². The van der Waals surface area contributed by atoms with Crippen LogP contribution < -0.4 is 15.6 Å². The fraction of sp³-hybridized carbons (Fsp3) is 0.348. The summed E-state index contributed by atoms with van der Waals surface area (Å²) >= 11 is 0. The van der Waals surface area contributed by atoms with Crippen LogP contribution in [0.25, 0.3) is 10.8 Å². The number of nitrogens with zero attached hydrogens (tertiary/aromatic N) is 2. The van der Waals surface area contributed by atoms with E-state index in [0.29, 0.717) is 29.6 Å². The maximum Gasteiger partial charge on any atom is 0.274 e. The molecule has 0 spiro atoms. The van der Waals surface area contributed by atoms with Crippen molar-refractivity contribution in [3.8, 4) is 5.75 Å². The van der Waals surface area contributed by atoms with Gasteiger partial charge in [0.1, 0.15) is 5.75 Å². The van der Waals surface area contributed by atoms with Crippen LogP contribution in [0.5, 0.6) is 5.75 Å². The number of ether oxygens (including phenoxy) is 1. The third kappa shape index (κ3) is 4.01. The van der Waals surface area contributed by atoms with Crippen molar-refractivity contribution in [2.24, 2.45) is 5.92 Å². The van der Waals surface area contributed by atoms with Crippen molar-refractivity contribution >= 4 is 16.7 Å². The molecule has 1 amide bonds. The van der Waals surface area contributed by atoms with Gasteiger partial charge in [-0.25, -0.2) is 4.68 Å². The highest BCUT2D eigenvalue weighted by atomic mass is 16.5. The Kier molecular flexibility index (Phi) is 5.34. The first kappa shape index (κ1) is 19.2. The molecule has 0 bridgehead atoms. The Hall–Kier alpha value is -3.15. The molecule has 2 heterocycles. The summed E-state index contributed by atoms with van der Waals surface area (Å²) in [4.78, 5) is 25.6. The van der Waals surface area contributed by atoms with Crippen molar-refractivity contribution in [1.29, 1.82) is 0 Å². The Morgan fingerprint density at radius 1 is 1.21 bits per heavy atom. The van der Waals surface area contributed by atoms with E-state index in [0.717, 1.165) is 30.8 Å². The summed E-state index contributed by atoms with van der Waals surface area (Å²) in [6.07, 6.45) is 1.66. The van der Waals surface area contributed by atoms with Crippen molar-refractivity contribution < 1.29 is 9.53 Å². The highest BCUT2D eigenvalue weighted by Gasteiger charge is 2.17. The van der Waals surface area contributed by atoms with E-state index in [1.165, 1.54) is 10.2 Å². The van der Waals surface area contributed by atoms with E-state index in [1.807, 2.05) is 38.1 Å². The molecular weight excluding hydrogens is 366 g/mol. The molecule has 0 atom stereocenters. The summed E-state index contributed by atoms with van der Waals surface area (Å²) in [5, 5.41) is 8.46. The SMILES string of the molecule is CC(C)Cn1nc(C(=O)NCCc2ccc3c(c2)CCO3)c2ccccc2c1=O. The number of hydrogen-bond acceptors (Lipinski definition) is 4. The van der Waals surface area contributed by atoms with E-state index in [2.05, 4.69) is 16.5 Å². The number of rotatable bonds is 6. The number of carbonyl (C=O) groups is 1. The summed E-state index contributed by atoms with van der Waals surface area (Å²) in [7, 11) is 0. The monoisotopic (exact) mass is 391 g/mol. The lowest BCUT2D eigenvalue weighted by Crippen LogP contribution is -2.32. The van der Waals surface area contributed by atoms with Crippen LogP contribution in [0, 0.1) is 5.92 Å². The second-order valence-electron chi connectivity index (χ2n) is 7.82. The maximum absolute atomic E-state index is 12.9. The topological polar surface area (TPSA) is 73.2 Å². The second kappa shape index (κ2) is 8.07. The number of aromatic nitrogens is 2. The van der Waals surface area contributed by atoms with Gasteiger partial charge in [-0.05, 0) is 35.6 Å². The standard InChI is InChI=1S/C23H25N3O3/c1-15(2)14-26-23(28)19-6-4-3-5-18(19)21(25-26)22(27)24-11-9-16-7-8-20-17(13-16)10-12-29-20/h3-8,13,15H,9-12,14H2,1-2H3,(H,24,27). The molecule has 29 heavy (non-hydrogen) atoms. The lowest BCUT2D eigenvalue weighted by molar-refractivity contribution is 0.0948. The van der Waals surface area contributed by atoms with Crippen LogP contribution >= 0.6 is 0 Å². The number of fused-ring (bicyclic) bond motifs is 2. The molecule has 6 heteroatoms. The molecule has 0 radical (unpaired) electrons. The van der Waals surface area contributed by atoms with Crippen LogP contribution in [0.3, 0.4) is 0 Å². The first-order chi connectivity index (χ1) is 14.0. The van der Waals surface area contributed by atoms with Crippen LogP contribution in [0.1, 0.15) is 35.5 Å². The van der Waals surface area contributed by atoms with Crippen molar-refractivity contribution in [3.63, 3.8) is 0 Å². The molecule has 0 fully saturated rings. The average Bonchev–Trinajstić information content (AvgIpc) is 3.17. The summed E-state index contributed by atoms with van der Waals surface area (Å²) in [6.45, 7) is 5.74. The fourth-order valence-corrected chi connectivity index (χ4v) is 3.67. The zero-order valence-corrected chi connectivity index (χ0v) is 16.8. The maximum atomic E-state index is 12.9. The van der Waals surface area contributed by atoms with Gasteiger partial charge in [-0.2, -0.15) is 5.10 Å². The van der Waals surface area contributed by atoms with Crippen molar-refractivity contribution in [3.05, 3.63) is 69.6 Å². The number of carbonyl (C=O) groups excluding carboxylic acids is 1. The van der Waals surface area contributed by atoms with Gasteiger partial charge in [0.15, 0.2) is 5.69 Å². The molecule has 1 N–H and O–H groups in total. The molecule has 0 saturated carbocycles. The number of amides is 1. The molecule has 4 rings (SSSR count). The first-order valence-corrected chi connectivity index (χ1v) is 10.1. The van der Waals surface area contributed by atoms with Crippen molar-refractivity contribution in [1.82, 2.24) is 15.1 Å². The van der Waals surface area contributed by atoms with Crippen LogP contribution in [0.2, 0.25) is 0 Å². The van der Waals surface area contributed by atoms with E-state index < -0.39 is 0 Å². The van der Waals surface area contributed by atoms with Gasteiger partial charge in [0.25, 0.3) is 11.5 Å². The number of nitrogens with one attached hydrogen (secondary N) is 1. The van der Waals surface area contributed by atoms with Crippen molar-refractivity contribution in [2.45, 2.75) is 33.2 Å². The van der Waals surface area contributed by atoms with Gasteiger partial charge in [0.05, 0.1) is 12.0 Å². The Morgan fingerprint density at radius 2 is 2.00 bits per heavy atom. The molecule has 6 nitrogen and oxygen atoms in total. The van der Waals surface area contributed by atoms with Gasteiger partial charge in [0, 0.05) is 24.9 Å². The molecule has 0 saturated heterocycles. The second-order valence-corrected chi connectivity index (χ2v) is 7.82. The molecule has 2 aromatic carbocycles. The minimum Gasteiger partial charge on any atom is -0.493 e. The van der Waals surface area contributed by atoms with Crippen LogP contribution in [-0.2, 0) is 19.4 Å². The summed E-state index contributed by atoms with van der Waals surface area (Å²) in [5.41, 5.74) is 2.52. The lowest BCUT2D eigenvalue weighted by atomic mass is 10.1. The van der Waals surface area contributed by atoms with Gasteiger partial charge < -0.3 is 10.1 Å². The molecule has 1 aliphatic heterocycles. The molecule has 1 aromatic heterocycles. The van der Waals surface area contributed by atoms with Crippen molar-refractivity contribution in [2.75, 3.05) is 13.2 Å². The molecule has 1 aliphatic rings. The predicted octanol–water partition coefficient (Wildman–Crippen LogP) is 2.96. The van der Waals surface area contributed by atoms with E-state index in [4.69, 9.17) is 4.74 Å². The van der Waals surface area contributed by atoms with E-state index >= 15 is 0 Å². The number of hydrogen-bond donors (Lipinski definition) is 1. The Bertz CT molecular complexity index is 1120. The Labute approximate surface area is 169 Å². The summed E-state index contributed by atoms with van der Waals surface area (Å²) in [5.74, 6) is 0.949. The van der Waals surface area contributed by atoms with Crippen LogP contribution in [0.4, 0.5) is 0 Å². The Morgan fingerprint density at radius 3 is 2.79 bits per heavy atom. The smallest absolute Gasteiger partial charge is 0.274 e. The van der Waals surface area contributed by atoms with Gasteiger partial charge in [-0.3, -0.25) is 9.59 Å². The van der Waals surface area contributed by atoms with Gasteiger partial charge in [0.2, 0.25) is 0 Å². The zero-order chi connectivity index (χ0) is 20.4. The third-order valence-electron chi connectivity index (χ3n) is 5.07. The minimum absolute atomic E-state index is 0.161. The van der Waals surface area contributed by atoms with E-state index in [-0.39, 0.29) is 17.4 Å². The fourth-order valence-electron chi connectivity index (χ4n) is 3.67. The zero-order valence-electron chi connectivity index (χ0n) is 16.8. The number of benzene rings is 2. The molecular formula is C23H25N3O3. The van der Waals surface area contributed by atoms with Crippen LogP contribution in [0.15, 0.2) is 47.3 Å². The largest absolute Gasteiger partial charge is 0.493 e. The average molecular weight is 391 g/mol. The molecule has 3 aromatic rings. The summed E-state index contributed by atoms with van der Waals surface area (Å²) in [6, 6.07) is 13.3. The van der Waals surface area contributed by atoms with E-state index in [1.54, 1.807) is 12.1 Å². The van der Waals surface area contributed by atoms with Gasteiger partial charge in [-0.1, -0.05) is 44.2 Å². The first-order valence-electron chi connectivity index (χ1n) is 10.1. The molecule has 0 aliphatic carbocycles. The van der Waals surface area contributed by atoms with E-state index in [9.17, 15) is 9.59 Å². The minimum atomic E-state index is -0.261.